The molecule has 2 unspecified atom stereocenters. The van der Waals surface area contributed by atoms with Crippen molar-refractivity contribution < 1.29 is 0 Å². The van der Waals surface area contributed by atoms with E-state index < -0.39 is 0 Å². The maximum absolute atomic E-state index is 5.69. The number of rotatable bonds is 3. The van der Waals surface area contributed by atoms with Crippen LogP contribution < -0.4 is 5.73 Å². The van der Waals surface area contributed by atoms with Gasteiger partial charge in [-0.05, 0) is 19.4 Å². The first-order valence-corrected chi connectivity index (χ1v) is 5.53. The molecule has 0 saturated carbocycles. The highest BCUT2D eigenvalue weighted by Crippen LogP contribution is 2.16. The Kier molecular flexibility index (Phi) is 3.02. The molecule has 0 saturated heterocycles. The van der Waals surface area contributed by atoms with E-state index in [4.69, 9.17) is 5.73 Å². The van der Waals surface area contributed by atoms with Crippen LogP contribution in [0.25, 0.3) is 0 Å². The summed E-state index contributed by atoms with van der Waals surface area (Å²) in [5, 5.41) is 8.04. The fourth-order valence-electron chi connectivity index (χ4n) is 1.99. The fourth-order valence-corrected chi connectivity index (χ4v) is 1.99. The molecule has 1 aliphatic heterocycles. The number of fused-ring (bicyclic) bond motifs is 1. The Morgan fingerprint density at radius 3 is 3.00 bits per heavy atom. The standard InChI is InChI=1S/C10H19N5/c1-8(5-11)9(2)14-3-4-15-7-12-13-10(15)6-14/h7-9H,3-6,11H2,1-2H3. The molecular formula is C10H19N5. The summed E-state index contributed by atoms with van der Waals surface area (Å²) in [6.45, 7) is 8.13. The summed E-state index contributed by atoms with van der Waals surface area (Å²) in [7, 11) is 0. The lowest BCUT2D eigenvalue weighted by Gasteiger charge is -2.35. The van der Waals surface area contributed by atoms with Crippen molar-refractivity contribution in [3.63, 3.8) is 0 Å². The third-order valence-electron chi connectivity index (χ3n) is 3.44. The van der Waals surface area contributed by atoms with Gasteiger partial charge in [0.15, 0.2) is 0 Å². The van der Waals surface area contributed by atoms with E-state index in [1.807, 2.05) is 6.33 Å². The SMILES string of the molecule is CC(CN)C(C)N1CCn2cnnc2C1. The predicted molar refractivity (Wildman–Crippen MR) is 58.1 cm³/mol. The van der Waals surface area contributed by atoms with E-state index in [9.17, 15) is 0 Å². The van der Waals surface area contributed by atoms with E-state index in [1.165, 1.54) is 0 Å². The monoisotopic (exact) mass is 209 g/mol. The summed E-state index contributed by atoms with van der Waals surface area (Å²) in [6, 6.07) is 0.514. The minimum absolute atomic E-state index is 0.514. The number of hydrogen-bond acceptors (Lipinski definition) is 4. The lowest BCUT2D eigenvalue weighted by molar-refractivity contribution is 0.127. The van der Waals surface area contributed by atoms with Crippen molar-refractivity contribution in [3.05, 3.63) is 12.2 Å². The Morgan fingerprint density at radius 2 is 2.27 bits per heavy atom. The molecule has 1 aromatic rings. The van der Waals surface area contributed by atoms with E-state index in [1.54, 1.807) is 0 Å². The van der Waals surface area contributed by atoms with Crippen molar-refractivity contribution in [3.8, 4) is 0 Å². The molecule has 2 atom stereocenters. The molecule has 5 nitrogen and oxygen atoms in total. The molecule has 2 rings (SSSR count). The predicted octanol–water partition coefficient (Wildman–Crippen LogP) is 0.0770. The van der Waals surface area contributed by atoms with Crippen LogP contribution >= 0.6 is 0 Å². The second kappa shape index (κ2) is 4.28. The number of aromatic nitrogens is 3. The normalized spacial score (nSPS) is 21.0. The van der Waals surface area contributed by atoms with Crippen molar-refractivity contribution in [1.82, 2.24) is 19.7 Å². The molecule has 15 heavy (non-hydrogen) atoms. The zero-order valence-electron chi connectivity index (χ0n) is 9.43. The van der Waals surface area contributed by atoms with E-state index in [0.29, 0.717) is 12.0 Å². The van der Waals surface area contributed by atoms with Crippen molar-refractivity contribution >= 4 is 0 Å². The third-order valence-corrected chi connectivity index (χ3v) is 3.44. The van der Waals surface area contributed by atoms with Crippen molar-refractivity contribution in [2.75, 3.05) is 13.1 Å². The molecule has 0 radical (unpaired) electrons. The molecule has 0 bridgehead atoms. The summed E-state index contributed by atoms with van der Waals surface area (Å²) in [5.41, 5.74) is 5.69. The topological polar surface area (TPSA) is 60.0 Å². The van der Waals surface area contributed by atoms with Gasteiger partial charge in [0.2, 0.25) is 0 Å². The molecule has 0 amide bonds. The molecule has 0 spiro atoms. The first-order valence-electron chi connectivity index (χ1n) is 5.53. The van der Waals surface area contributed by atoms with Gasteiger partial charge < -0.3 is 10.3 Å². The lowest BCUT2D eigenvalue weighted by atomic mass is 10.0. The van der Waals surface area contributed by atoms with Crippen LogP contribution in [0.2, 0.25) is 0 Å². The highest BCUT2D eigenvalue weighted by Gasteiger charge is 2.24. The van der Waals surface area contributed by atoms with Gasteiger partial charge in [-0.25, -0.2) is 0 Å². The molecule has 0 fully saturated rings. The average molecular weight is 209 g/mol. The van der Waals surface area contributed by atoms with Crippen molar-refractivity contribution in [2.24, 2.45) is 11.7 Å². The Labute approximate surface area is 90.3 Å². The van der Waals surface area contributed by atoms with Gasteiger partial charge in [0.05, 0.1) is 6.54 Å². The van der Waals surface area contributed by atoms with Crippen LogP contribution in [0.3, 0.4) is 0 Å². The molecule has 84 valence electrons. The van der Waals surface area contributed by atoms with E-state index in [-0.39, 0.29) is 0 Å². The Hall–Kier alpha value is -0.940. The maximum Gasteiger partial charge on any atom is 0.147 e. The van der Waals surface area contributed by atoms with Crippen LogP contribution in [0.1, 0.15) is 19.7 Å². The minimum Gasteiger partial charge on any atom is -0.330 e. The van der Waals surface area contributed by atoms with Gasteiger partial charge >= 0.3 is 0 Å². The van der Waals surface area contributed by atoms with Gasteiger partial charge in [-0.15, -0.1) is 10.2 Å². The quantitative estimate of drug-likeness (QED) is 0.765. The summed E-state index contributed by atoms with van der Waals surface area (Å²) in [5.74, 6) is 1.59. The largest absolute Gasteiger partial charge is 0.330 e. The lowest BCUT2D eigenvalue weighted by Crippen LogP contribution is -2.44. The summed E-state index contributed by atoms with van der Waals surface area (Å²) in [4.78, 5) is 2.43. The number of nitrogens with zero attached hydrogens (tertiary/aromatic N) is 4. The number of hydrogen-bond donors (Lipinski definition) is 1. The van der Waals surface area contributed by atoms with Crippen LogP contribution in [0.4, 0.5) is 0 Å². The highest BCUT2D eigenvalue weighted by atomic mass is 15.3. The van der Waals surface area contributed by atoms with E-state index >= 15 is 0 Å². The number of nitrogens with two attached hydrogens (primary N) is 1. The van der Waals surface area contributed by atoms with E-state index in [2.05, 4.69) is 33.5 Å². The molecule has 2 N–H and O–H groups in total. The van der Waals surface area contributed by atoms with E-state index in [0.717, 1.165) is 32.0 Å². The summed E-state index contributed by atoms with van der Waals surface area (Å²) < 4.78 is 2.12. The van der Waals surface area contributed by atoms with Crippen LogP contribution in [0, 0.1) is 5.92 Å². The van der Waals surface area contributed by atoms with Crippen molar-refractivity contribution in [1.29, 1.82) is 0 Å². The van der Waals surface area contributed by atoms with Gasteiger partial charge in [-0.1, -0.05) is 6.92 Å². The Morgan fingerprint density at radius 1 is 1.47 bits per heavy atom. The summed E-state index contributed by atoms with van der Waals surface area (Å²) >= 11 is 0. The fraction of sp³-hybridized carbons (Fsp3) is 0.800. The Bertz CT molecular complexity index is 321. The molecule has 1 aliphatic rings. The summed E-state index contributed by atoms with van der Waals surface area (Å²) in [6.07, 6.45) is 1.81. The molecule has 5 heteroatoms. The second-order valence-electron chi connectivity index (χ2n) is 4.36. The molecule has 1 aromatic heterocycles. The van der Waals surface area contributed by atoms with Gasteiger partial charge in [0, 0.05) is 19.1 Å². The minimum atomic E-state index is 0.514. The van der Waals surface area contributed by atoms with Crippen LogP contribution in [-0.2, 0) is 13.1 Å². The molecule has 2 heterocycles. The molecular weight excluding hydrogens is 190 g/mol. The highest BCUT2D eigenvalue weighted by molar-refractivity contribution is 4.91. The van der Waals surface area contributed by atoms with Crippen LogP contribution in [0.5, 0.6) is 0 Å². The Balaban J connectivity index is 2.03. The van der Waals surface area contributed by atoms with Crippen LogP contribution in [-0.4, -0.2) is 38.8 Å². The van der Waals surface area contributed by atoms with Gasteiger partial charge in [-0.2, -0.15) is 0 Å². The van der Waals surface area contributed by atoms with Gasteiger partial charge in [0.25, 0.3) is 0 Å². The first-order chi connectivity index (χ1) is 7.22. The molecule has 0 aliphatic carbocycles. The zero-order chi connectivity index (χ0) is 10.8. The zero-order valence-corrected chi connectivity index (χ0v) is 9.43. The maximum atomic E-state index is 5.69. The first kappa shape index (κ1) is 10.6. The second-order valence-corrected chi connectivity index (χ2v) is 4.36. The smallest absolute Gasteiger partial charge is 0.147 e. The average Bonchev–Trinajstić information content (AvgIpc) is 2.73. The third kappa shape index (κ3) is 2.03. The van der Waals surface area contributed by atoms with Gasteiger partial charge in [0.1, 0.15) is 12.2 Å². The van der Waals surface area contributed by atoms with Crippen LogP contribution in [0.15, 0.2) is 6.33 Å². The molecule has 0 aromatic carbocycles. The van der Waals surface area contributed by atoms with Gasteiger partial charge in [-0.3, -0.25) is 4.90 Å². The van der Waals surface area contributed by atoms with Crippen molar-refractivity contribution in [2.45, 2.75) is 33.0 Å².